The number of carbonyl (C=O) groups is 4. The quantitative estimate of drug-likeness (QED) is 0.110. The van der Waals surface area contributed by atoms with Crippen molar-refractivity contribution < 1.29 is 61.9 Å². The van der Waals surface area contributed by atoms with E-state index in [4.69, 9.17) is 19.4 Å². The molecule has 1 heterocycles. The van der Waals surface area contributed by atoms with Crippen LogP contribution in [-0.2, 0) is 23.8 Å². The minimum Gasteiger partial charge on any atom is -0.508 e. The number of phenolic OH excluding ortho intramolecular Hbond substituents is 3. The van der Waals surface area contributed by atoms with E-state index in [0.717, 1.165) is 6.07 Å². The Hall–Kier alpha value is -5.01. The van der Waals surface area contributed by atoms with Gasteiger partial charge >= 0.3 is 23.5 Å². The molecule has 0 atom stereocenters. The van der Waals surface area contributed by atoms with Crippen molar-refractivity contribution in [2.45, 2.75) is 34.1 Å². The van der Waals surface area contributed by atoms with E-state index in [9.17, 15) is 37.9 Å². The molecule has 0 fully saturated rings. The number of rotatable bonds is 7. The number of phenols is 3. The number of hydrogen-bond acceptors (Lipinski definition) is 12. The van der Waals surface area contributed by atoms with Crippen molar-refractivity contribution in [3.63, 3.8) is 0 Å². The van der Waals surface area contributed by atoms with Gasteiger partial charge in [0.05, 0.1) is 39.7 Å². The zero-order valence-corrected chi connectivity index (χ0v) is 24.6. The first-order chi connectivity index (χ1) is 20.4. The summed E-state index contributed by atoms with van der Waals surface area (Å²) in [4.78, 5) is 54.9. The molecule has 0 saturated carbocycles. The lowest BCUT2D eigenvalue weighted by atomic mass is 10.1. The van der Waals surface area contributed by atoms with Gasteiger partial charge in [0, 0.05) is 17.5 Å². The lowest BCUT2D eigenvalue weighted by Crippen LogP contribution is -2.16. The molecule has 43 heavy (non-hydrogen) atoms. The third-order valence-electron chi connectivity index (χ3n) is 4.47. The predicted octanol–water partition coefficient (Wildman–Crippen LogP) is 4.65. The second kappa shape index (κ2) is 22.7. The number of benzene rings is 2. The molecule has 3 N–H and O–H groups in total. The normalized spacial score (nSPS) is 9.12. The number of esters is 3. The SMILES string of the molecule is CC(=O)c1ccc(O)cc1O.CCOC(=O)CC(=O)OCC.CCOC(=O)c1cc2ccc(O)cc2oc1=O.CF.CF. The van der Waals surface area contributed by atoms with E-state index in [1.54, 1.807) is 26.8 Å². The highest BCUT2D eigenvalue weighted by Gasteiger charge is 2.14. The molecule has 238 valence electrons. The maximum absolute atomic E-state index is 11.5. The number of fused-ring (bicyclic) bond motifs is 1. The summed E-state index contributed by atoms with van der Waals surface area (Å²) in [6.45, 7) is 7.14. The minimum atomic E-state index is -0.776. The molecule has 0 bridgehead atoms. The van der Waals surface area contributed by atoms with Crippen molar-refractivity contribution in [2.24, 2.45) is 0 Å². The second-order valence-electron chi connectivity index (χ2n) is 7.43. The highest BCUT2D eigenvalue weighted by atomic mass is 19.1. The maximum Gasteiger partial charge on any atom is 0.351 e. The fourth-order valence-electron chi connectivity index (χ4n) is 2.81. The van der Waals surface area contributed by atoms with Gasteiger partial charge in [-0.3, -0.25) is 23.2 Å². The number of halogens is 2. The van der Waals surface area contributed by atoms with Gasteiger partial charge in [-0.1, -0.05) is 0 Å². The van der Waals surface area contributed by atoms with Gasteiger partial charge in [0.15, 0.2) is 5.78 Å². The lowest BCUT2D eigenvalue weighted by Gasteiger charge is -2.02. The van der Waals surface area contributed by atoms with Gasteiger partial charge in [0.2, 0.25) is 0 Å². The Balaban J connectivity index is 0. The summed E-state index contributed by atoms with van der Waals surface area (Å²) in [5.41, 5.74) is -0.475. The van der Waals surface area contributed by atoms with Crippen LogP contribution in [0.25, 0.3) is 11.0 Å². The van der Waals surface area contributed by atoms with Crippen LogP contribution in [0, 0.1) is 0 Å². The highest BCUT2D eigenvalue weighted by molar-refractivity contribution is 5.97. The number of alkyl halides is 2. The van der Waals surface area contributed by atoms with Crippen LogP contribution in [0.3, 0.4) is 0 Å². The van der Waals surface area contributed by atoms with Crippen LogP contribution in [-0.4, -0.2) is 73.2 Å². The van der Waals surface area contributed by atoms with E-state index in [1.807, 2.05) is 0 Å². The molecule has 0 radical (unpaired) electrons. The van der Waals surface area contributed by atoms with Crippen molar-refractivity contribution in [2.75, 3.05) is 34.2 Å². The molecular formula is C29H36F2O12. The summed E-state index contributed by atoms with van der Waals surface area (Å²) >= 11 is 0. The van der Waals surface area contributed by atoms with Crippen LogP contribution in [0.2, 0.25) is 0 Å². The molecule has 0 spiro atoms. The van der Waals surface area contributed by atoms with Crippen LogP contribution in [0.4, 0.5) is 8.78 Å². The molecule has 0 unspecified atom stereocenters. The van der Waals surface area contributed by atoms with Gasteiger partial charge in [-0.05, 0) is 58.0 Å². The number of Topliss-reactive ketones (excluding diaryl/α,β-unsaturated/α-hetero) is 1. The summed E-state index contributed by atoms with van der Waals surface area (Å²) in [6, 6.07) is 9.57. The van der Waals surface area contributed by atoms with Crippen molar-refractivity contribution in [1.82, 2.24) is 0 Å². The Bertz CT molecular complexity index is 1350. The second-order valence-corrected chi connectivity index (χ2v) is 7.43. The van der Waals surface area contributed by atoms with Gasteiger partial charge in [-0.15, -0.1) is 0 Å². The van der Waals surface area contributed by atoms with Gasteiger partial charge < -0.3 is 33.9 Å². The Kier molecular flexibility index (Phi) is 21.1. The largest absolute Gasteiger partial charge is 0.508 e. The first kappa shape index (κ1) is 40.1. The molecule has 0 aliphatic carbocycles. The van der Waals surface area contributed by atoms with E-state index >= 15 is 0 Å². The van der Waals surface area contributed by atoms with E-state index < -0.39 is 23.5 Å². The fourth-order valence-corrected chi connectivity index (χ4v) is 2.81. The average Bonchev–Trinajstić information content (AvgIpc) is 2.95. The number of carbonyl (C=O) groups excluding carboxylic acids is 4. The van der Waals surface area contributed by atoms with Gasteiger partial charge in [0.25, 0.3) is 0 Å². The fraction of sp³-hybridized carbons (Fsp3) is 0.345. The Morgan fingerprint density at radius 1 is 0.721 bits per heavy atom. The van der Waals surface area contributed by atoms with E-state index in [0.29, 0.717) is 19.7 Å². The van der Waals surface area contributed by atoms with E-state index in [-0.39, 0.29) is 66.0 Å². The van der Waals surface area contributed by atoms with Crippen molar-refractivity contribution in [3.05, 3.63) is 64.0 Å². The molecule has 3 aromatic rings. The van der Waals surface area contributed by atoms with Gasteiger partial charge in [-0.2, -0.15) is 0 Å². The first-order valence-corrected chi connectivity index (χ1v) is 12.5. The lowest BCUT2D eigenvalue weighted by molar-refractivity contribution is -0.153. The van der Waals surface area contributed by atoms with Crippen LogP contribution in [0.1, 0.15) is 54.8 Å². The van der Waals surface area contributed by atoms with E-state index in [2.05, 4.69) is 9.47 Å². The summed E-state index contributed by atoms with van der Waals surface area (Å²) in [5, 5.41) is 27.7. The summed E-state index contributed by atoms with van der Waals surface area (Å²) in [6.07, 6.45) is -0.290. The number of ether oxygens (including phenoxy) is 3. The molecule has 12 nitrogen and oxygen atoms in total. The monoisotopic (exact) mass is 614 g/mol. The maximum atomic E-state index is 11.5. The van der Waals surface area contributed by atoms with Crippen LogP contribution in [0.15, 0.2) is 51.7 Å². The highest BCUT2D eigenvalue weighted by Crippen LogP contribution is 2.22. The van der Waals surface area contributed by atoms with Crippen molar-refractivity contribution in [1.29, 1.82) is 0 Å². The van der Waals surface area contributed by atoms with Gasteiger partial charge in [-0.25, -0.2) is 9.59 Å². The number of ketones is 1. The number of aromatic hydroxyl groups is 3. The van der Waals surface area contributed by atoms with Gasteiger partial charge in [0.1, 0.15) is 34.8 Å². The predicted molar refractivity (Wildman–Crippen MR) is 152 cm³/mol. The molecular weight excluding hydrogens is 578 g/mol. The topological polar surface area (TPSA) is 187 Å². The molecule has 0 amide bonds. The Morgan fingerprint density at radius 3 is 1.67 bits per heavy atom. The van der Waals surface area contributed by atoms with E-state index in [1.165, 1.54) is 37.3 Å². The summed E-state index contributed by atoms with van der Waals surface area (Å²) < 4.78 is 37.7. The Morgan fingerprint density at radius 2 is 1.21 bits per heavy atom. The molecule has 0 aliphatic rings. The van der Waals surface area contributed by atoms with Crippen LogP contribution < -0.4 is 5.63 Å². The van der Waals surface area contributed by atoms with Crippen molar-refractivity contribution in [3.8, 4) is 17.2 Å². The zero-order valence-electron chi connectivity index (χ0n) is 24.6. The third-order valence-corrected chi connectivity index (χ3v) is 4.47. The molecule has 2 aromatic carbocycles. The smallest absolute Gasteiger partial charge is 0.351 e. The number of hydrogen-bond donors (Lipinski definition) is 3. The molecule has 1 aromatic heterocycles. The first-order valence-electron chi connectivity index (χ1n) is 12.5. The van der Waals surface area contributed by atoms with Crippen LogP contribution >= 0.6 is 0 Å². The molecule has 3 rings (SSSR count). The summed E-state index contributed by atoms with van der Waals surface area (Å²) in [7, 11) is 1.00. The molecule has 0 saturated heterocycles. The Labute approximate surface area is 246 Å². The third kappa shape index (κ3) is 15.5. The summed E-state index contributed by atoms with van der Waals surface area (Å²) in [5.74, 6) is -2.25. The average molecular weight is 615 g/mol. The molecule has 14 heteroatoms. The van der Waals surface area contributed by atoms with Crippen LogP contribution in [0.5, 0.6) is 17.2 Å². The standard InChI is InChI=1S/C12H10O5.C8H8O3.C7H12O4.2CH3F/c1-2-16-11(14)9-5-7-3-4-8(13)6-10(7)17-12(9)15;1-5(9)7-3-2-6(10)4-8(7)11;1-3-10-6(8)5-7(9)11-4-2;2*1-2/h3-6,13H,2H2,1H3;2-4,10-11H,1H3;3-5H2,1-2H3;2*1H3. The molecule has 0 aliphatic heterocycles. The minimum absolute atomic E-state index is 0.00969. The van der Waals surface area contributed by atoms with Crippen molar-refractivity contribution >= 4 is 34.7 Å². The zero-order chi connectivity index (χ0) is 33.5.